The predicted molar refractivity (Wildman–Crippen MR) is 126 cm³/mol. The van der Waals surface area contributed by atoms with Crippen LogP contribution in [0.5, 0.6) is 0 Å². The average molecular weight is 586 g/mol. The van der Waals surface area contributed by atoms with Gasteiger partial charge in [0.15, 0.2) is 18.9 Å². The Labute approximate surface area is 228 Å². The molecule has 3 aliphatic rings. The van der Waals surface area contributed by atoms with Crippen molar-refractivity contribution in [1.82, 2.24) is 10.6 Å². The van der Waals surface area contributed by atoms with E-state index in [0.29, 0.717) is 0 Å². The Kier molecular flexibility index (Phi) is 11.5. The molecule has 3 aliphatic heterocycles. The average Bonchev–Trinajstić information content (AvgIpc) is 2.90. The summed E-state index contributed by atoms with van der Waals surface area (Å²) in [4.78, 5) is 23.8. The molecular formula is C22H39N3O15. The van der Waals surface area contributed by atoms with Gasteiger partial charge in [-0.05, 0) is 0 Å². The Morgan fingerprint density at radius 3 is 1.57 bits per heavy atom. The second-order valence-electron chi connectivity index (χ2n) is 9.89. The monoisotopic (exact) mass is 585 g/mol. The Bertz CT molecular complexity index is 854. The number of hydrogen-bond donors (Lipinski definition) is 11. The molecular weight excluding hydrogens is 546 g/mol. The van der Waals surface area contributed by atoms with Gasteiger partial charge in [-0.2, -0.15) is 0 Å². The summed E-state index contributed by atoms with van der Waals surface area (Å²) in [6.07, 6.45) is -18.4. The van der Waals surface area contributed by atoms with Gasteiger partial charge in [-0.3, -0.25) is 9.59 Å². The molecule has 0 aromatic heterocycles. The molecule has 15 atom stereocenters. The highest BCUT2D eigenvalue weighted by molar-refractivity contribution is 5.73. The predicted octanol–water partition coefficient (Wildman–Crippen LogP) is -7.32. The first-order valence-electron chi connectivity index (χ1n) is 12.6. The number of ether oxygens (including phenoxy) is 5. The van der Waals surface area contributed by atoms with Crippen LogP contribution in [-0.2, 0) is 33.3 Å². The third kappa shape index (κ3) is 7.05. The van der Waals surface area contributed by atoms with Gasteiger partial charge in [-0.15, -0.1) is 0 Å². The molecule has 232 valence electrons. The highest BCUT2D eigenvalue weighted by atomic mass is 16.7. The van der Waals surface area contributed by atoms with Gasteiger partial charge in [0, 0.05) is 13.8 Å². The summed E-state index contributed by atoms with van der Waals surface area (Å²) in [5, 5.41) is 86.6. The van der Waals surface area contributed by atoms with Crippen molar-refractivity contribution in [3.8, 4) is 0 Å². The molecule has 0 saturated carbocycles. The highest BCUT2D eigenvalue weighted by Gasteiger charge is 2.53. The van der Waals surface area contributed by atoms with Gasteiger partial charge in [0.25, 0.3) is 0 Å². The molecule has 0 aromatic carbocycles. The van der Waals surface area contributed by atoms with E-state index in [9.17, 15) is 50.4 Å². The van der Waals surface area contributed by atoms with Gasteiger partial charge in [-0.25, -0.2) is 0 Å². The topological polar surface area (TPSA) is 292 Å². The zero-order valence-electron chi connectivity index (χ0n) is 21.8. The van der Waals surface area contributed by atoms with E-state index in [-0.39, 0.29) is 0 Å². The van der Waals surface area contributed by atoms with E-state index in [0.717, 1.165) is 13.8 Å². The number of nitrogens with one attached hydrogen (secondary N) is 2. The summed E-state index contributed by atoms with van der Waals surface area (Å²) in [6, 6.07) is -4.17. The summed E-state index contributed by atoms with van der Waals surface area (Å²) in [5.74, 6) is -1.28. The van der Waals surface area contributed by atoms with Crippen molar-refractivity contribution < 1.29 is 74.1 Å². The van der Waals surface area contributed by atoms with Crippen molar-refractivity contribution in [1.29, 1.82) is 0 Å². The lowest BCUT2D eigenvalue weighted by Crippen LogP contribution is -2.70. The van der Waals surface area contributed by atoms with Crippen LogP contribution in [0.3, 0.4) is 0 Å². The van der Waals surface area contributed by atoms with Gasteiger partial charge in [-0.1, -0.05) is 0 Å². The van der Waals surface area contributed by atoms with Crippen LogP contribution >= 0.6 is 0 Å². The molecule has 3 rings (SSSR count). The molecule has 0 radical (unpaired) electrons. The fraction of sp³-hybridized carbons (Fsp3) is 0.909. The van der Waals surface area contributed by atoms with Crippen LogP contribution < -0.4 is 16.4 Å². The summed E-state index contributed by atoms with van der Waals surface area (Å²) in [5.41, 5.74) is 5.74. The van der Waals surface area contributed by atoms with Crippen molar-refractivity contribution in [2.45, 2.75) is 106 Å². The number of hydrogen-bond acceptors (Lipinski definition) is 16. The molecule has 0 bridgehead atoms. The van der Waals surface area contributed by atoms with Gasteiger partial charge < -0.3 is 80.9 Å². The van der Waals surface area contributed by atoms with E-state index in [2.05, 4.69) is 10.6 Å². The van der Waals surface area contributed by atoms with Crippen molar-refractivity contribution in [2.75, 3.05) is 19.8 Å². The minimum absolute atomic E-state index is 0.630. The molecule has 2 unspecified atom stereocenters. The molecule has 3 saturated heterocycles. The van der Waals surface area contributed by atoms with Gasteiger partial charge in [0.05, 0.1) is 25.9 Å². The fourth-order valence-corrected chi connectivity index (χ4v) is 4.91. The van der Waals surface area contributed by atoms with Crippen LogP contribution in [0, 0.1) is 0 Å². The lowest BCUT2D eigenvalue weighted by atomic mass is 9.94. The zero-order valence-corrected chi connectivity index (χ0v) is 21.8. The van der Waals surface area contributed by atoms with Gasteiger partial charge in [0.1, 0.15) is 67.0 Å². The van der Waals surface area contributed by atoms with Crippen molar-refractivity contribution >= 4 is 11.8 Å². The number of rotatable bonds is 9. The van der Waals surface area contributed by atoms with Crippen LogP contribution in [0.15, 0.2) is 0 Å². The molecule has 2 amide bonds. The lowest BCUT2D eigenvalue weighted by molar-refractivity contribution is -0.351. The number of aliphatic hydroxyl groups is 8. The maximum Gasteiger partial charge on any atom is 0.217 e. The quantitative estimate of drug-likeness (QED) is 0.120. The first kappa shape index (κ1) is 32.9. The van der Waals surface area contributed by atoms with Crippen molar-refractivity contribution in [3.05, 3.63) is 0 Å². The summed E-state index contributed by atoms with van der Waals surface area (Å²) in [7, 11) is 0. The maximum absolute atomic E-state index is 12.0. The number of amides is 2. The molecule has 0 aliphatic carbocycles. The van der Waals surface area contributed by atoms with Crippen LogP contribution in [0.25, 0.3) is 0 Å². The minimum Gasteiger partial charge on any atom is -0.394 e. The number of nitrogens with two attached hydrogens (primary N) is 1. The second-order valence-corrected chi connectivity index (χ2v) is 9.89. The van der Waals surface area contributed by atoms with E-state index >= 15 is 0 Å². The standard InChI is InChI=1S/C22H39N3O15/c1-6(29)24-12-16(33)14(31)8(3-26)37-21(12)40-19-10(5-28)38-22(13(17(19)34)25-7(2)30)39-18-9(4-27)36-20(35)11(23)15(18)32/h8-22,26-28,31-35H,3-5,23H2,1-2H3,(H,24,29)(H,25,30)/t8-,9-,10-,11-,12-,13-,14-,15-,16-,17-,18?,19?,20-,21+,22+/m1/s1. The summed E-state index contributed by atoms with van der Waals surface area (Å²) < 4.78 is 28.1. The minimum atomic E-state index is -1.73. The van der Waals surface area contributed by atoms with Gasteiger partial charge >= 0.3 is 0 Å². The third-order valence-electron chi connectivity index (χ3n) is 6.98. The van der Waals surface area contributed by atoms with E-state index in [1.807, 2.05) is 0 Å². The Morgan fingerprint density at radius 2 is 1.10 bits per heavy atom. The first-order chi connectivity index (χ1) is 18.8. The second kappa shape index (κ2) is 14.0. The van der Waals surface area contributed by atoms with Crippen LogP contribution in [0.1, 0.15) is 13.8 Å². The third-order valence-corrected chi connectivity index (χ3v) is 6.98. The number of carbonyl (C=O) groups is 2. The Hall–Kier alpha value is -1.62. The molecule has 12 N–H and O–H groups in total. The number of carbonyl (C=O) groups excluding carboxylic acids is 2. The van der Waals surface area contributed by atoms with E-state index in [1.165, 1.54) is 0 Å². The van der Waals surface area contributed by atoms with Crippen LogP contribution in [0.4, 0.5) is 0 Å². The van der Waals surface area contributed by atoms with E-state index in [1.54, 1.807) is 0 Å². The van der Waals surface area contributed by atoms with E-state index < -0.39 is 124 Å². The van der Waals surface area contributed by atoms with Gasteiger partial charge in [0.2, 0.25) is 11.8 Å². The SMILES string of the molecule is CC(=O)N[C@H]1[C@H](OC2[C@@H](CO)O[C@@H](OC3[C@@H](CO)O[C@@H](O)[C@H](N)[C@H]3O)[C@H](NC(C)=O)[C@H]2O)O[C@H](CO)[C@@H](O)[C@@H]1O. The van der Waals surface area contributed by atoms with Crippen LogP contribution in [-0.4, -0.2) is 164 Å². The molecule has 3 heterocycles. The molecule has 40 heavy (non-hydrogen) atoms. The normalized spacial score (nSPS) is 46.0. The molecule has 18 heteroatoms. The molecule has 0 spiro atoms. The Morgan fingerprint density at radius 1 is 0.675 bits per heavy atom. The maximum atomic E-state index is 12.0. The first-order valence-corrected chi connectivity index (χ1v) is 12.6. The zero-order chi connectivity index (χ0) is 29.9. The number of aliphatic hydroxyl groups excluding tert-OH is 8. The fourth-order valence-electron chi connectivity index (χ4n) is 4.91. The lowest BCUT2D eigenvalue weighted by Gasteiger charge is -2.49. The Balaban J connectivity index is 1.87. The smallest absolute Gasteiger partial charge is 0.217 e. The van der Waals surface area contributed by atoms with Crippen LogP contribution in [0.2, 0.25) is 0 Å². The molecule has 18 nitrogen and oxygen atoms in total. The highest BCUT2D eigenvalue weighted by Crippen LogP contribution is 2.32. The summed E-state index contributed by atoms with van der Waals surface area (Å²) in [6.45, 7) is -0.000639. The van der Waals surface area contributed by atoms with Crippen molar-refractivity contribution in [3.63, 3.8) is 0 Å². The molecule has 3 fully saturated rings. The van der Waals surface area contributed by atoms with Crippen molar-refractivity contribution in [2.24, 2.45) is 5.73 Å². The molecule has 0 aromatic rings. The summed E-state index contributed by atoms with van der Waals surface area (Å²) >= 11 is 0. The van der Waals surface area contributed by atoms with E-state index in [4.69, 9.17) is 29.4 Å². The largest absolute Gasteiger partial charge is 0.394 e.